The summed E-state index contributed by atoms with van der Waals surface area (Å²) in [6.07, 6.45) is -1.73. The van der Waals surface area contributed by atoms with Gasteiger partial charge in [-0.1, -0.05) is 6.07 Å². The second-order valence-corrected chi connectivity index (χ2v) is 9.24. The van der Waals surface area contributed by atoms with E-state index in [1.165, 1.54) is 43.0 Å². The number of carboxylic acid groups (broad SMARTS) is 1. The summed E-state index contributed by atoms with van der Waals surface area (Å²) in [7, 11) is 0. The Morgan fingerprint density at radius 2 is 1.77 bits per heavy atom. The van der Waals surface area contributed by atoms with Gasteiger partial charge in [-0.25, -0.2) is 18.6 Å². The van der Waals surface area contributed by atoms with Gasteiger partial charge in [-0.2, -0.15) is 28.2 Å². The van der Waals surface area contributed by atoms with Gasteiger partial charge >= 0.3 is 12.1 Å². The molecule has 0 saturated carbocycles. The van der Waals surface area contributed by atoms with Crippen molar-refractivity contribution < 1.29 is 41.5 Å². The molecule has 4 aromatic rings. The van der Waals surface area contributed by atoms with E-state index in [0.29, 0.717) is 28.5 Å². The molecule has 40 heavy (non-hydrogen) atoms. The molecular weight excluding hydrogens is 547 g/mol. The van der Waals surface area contributed by atoms with Crippen molar-refractivity contribution in [3.63, 3.8) is 0 Å². The van der Waals surface area contributed by atoms with Gasteiger partial charge in [0.25, 0.3) is 0 Å². The number of aromatic nitrogens is 5. The molecule has 0 saturated heterocycles. The maximum Gasteiger partial charge on any atom is 0.490 e. The quantitative estimate of drug-likeness (QED) is 0.191. The van der Waals surface area contributed by atoms with Crippen LogP contribution in [0.1, 0.15) is 30.7 Å². The average Bonchev–Trinajstić information content (AvgIpc) is 3.40. The third kappa shape index (κ3) is 6.68. The van der Waals surface area contributed by atoms with Gasteiger partial charge in [0.15, 0.2) is 11.4 Å². The summed E-state index contributed by atoms with van der Waals surface area (Å²) in [5.41, 5.74) is 1.62. The minimum Gasteiger partial charge on any atom is -0.485 e. The summed E-state index contributed by atoms with van der Waals surface area (Å²) in [5, 5.41) is 26.9. The number of rotatable bonds is 7. The Kier molecular flexibility index (Phi) is 8.40. The minimum absolute atomic E-state index is 0.00260. The monoisotopic (exact) mass is 570 g/mol. The molecule has 3 aromatic heterocycles. The van der Waals surface area contributed by atoms with Crippen LogP contribution in [0, 0.1) is 35.6 Å². The van der Waals surface area contributed by atoms with E-state index in [1.54, 1.807) is 17.4 Å². The zero-order valence-electron chi connectivity index (χ0n) is 21.5. The molecule has 0 unspecified atom stereocenters. The third-order valence-electron chi connectivity index (χ3n) is 5.48. The van der Waals surface area contributed by atoms with Crippen molar-refractivity contribution in [1.82, 2.24) is 24.4 Å². The lowest BCUT2D eigenvalue weighted by Crippen LogP contribution is -2.36. The van der Waals surface area contributed by atoms with Gasteiger partial charge in [0, 0.05) is 25.0 Å². The SMILES string of the molecule is Cc1cc(OCc2c(F)cccc2F)c2nc(C)c(-c3cnn(CC(C)(C)[N+](=O)[O-])n3)n2c1.O=C(O)C(F)(F)F. The van der Waals surface area contributed by atoms with Crippen LogP contribution in [0.25, 0.3) is 17.0 Å². The number of carbonyl (C=O) groups is 1. The number of hydrogen-bond acceptors (Lipinski definition) is 7. The van der Waals surface area contributed by atoms with Crippen LogP contribution in [0.4, 0.5) is 22.0 Å². The molecule has 3 heterocycles. The smallest absolute Gasteiger partial charge is 0.485 e. The molecule has 4 rings (SSSR count). The predicted molar refractivity (Wildman–Crippen MR) is 129 cm³/mol. The fraction of sp³-hybridized carbons (Fsp3) is 0.333. The highest BCUT2D eigenvalue weighted by atomic mass is 19.4. The highest BCUT2D eigenvalue weighted by Gasteiger charge is 2.38. The fourth-order valence-corrected chi connectivity index (χ4v) is 3.48. The molecular formula is C24H23F5N6O5. The van der Waals surface area contributed by atoms with E-state index in [1.807, 2.05) is 13.1 Å². The van der Waals surface area contributed by atoms with Crippen LogP contribution in [-0.2, 0) is 17.9 Å². The molecule has 16 heteroatoms. The van der Waals surface area contributed by atoms with Crippen LogP contribution < -0.4 is 4.74 Å². The lowest BCUT2D eigenvalue weighted by molar-refractivity contribution is -0.563. The van der Waals surface area contributed by atoms with Crippen molar-refractivity contribution in [1.29, 1.82) is 0 Å². The van der Waals surface area contributed by atoms with Crippen molar-refractivity contribution in [3.8, 4) is 17.1 Å². The Bertz CT molecular complexity index is 1540. The zero-order chi connectivity index (χ0) is 30.0. The fourth-order valence-electron chi connectivity index (χ4n) is 3.48. The average molecular weight is 570 g/mol. The first-order valence-electron chi connectivity index (χ1n) is 11.4. The lowest BCUT2D eigenvalue weighted by atomic mass is 10.1. The van der Waals surface area contributed by atoms with Gasteiger partial charge in [0.05, 0.1) is 23.1 Å². The Balaban J connectivity index is 0.000000559. The van der Waals surface area contributed by atoms with Crippen LogP contribution in [0.15, 0.2) is 36.7 Å². The number of carboxylic acids is 1. The van der Waals surface area contributed by atoms with Crippen molar-refractivity contribution in [2.75, 3.05) is 0 Å². The van der Waals surface area contributed by atoms with E-state index >= 15 is 0 Å². The number of nitrogens with zero attached hydrogens (tertiary/aromatic N) is 6. The van der Waals surface area contributed by atoms with Crippen LogP contribution in [0.5, 0.6) is 5.75 Å². The predicted octanol–water partition coefficient (Wildman–Crippen LogP) is 4.76. The summed E-state index contributed by atoms with van der Waals surface area (Å²) < 4.78 is 67.3. The minimum atomic E-state index is -5.08. The second-order valence-electron chi connectivity index (χ2n) is 9.24. The van der Waals surface area contributed by atoms with Gasteiger partial charge in [-0.3, -0.25) is 14.5 Å². The van der Waals surface area contributed by atoms with E-state index in [-0.39, 0.29) is 23.6 Å². The first-order chi connectivity index (χ1) is 18.5. The largest absolute Gasteiger partial charge is 0.490 e. The first kappa shape index (κ1) is 29.9. The number of nitro groups is 1. The number of fused-ring (bicyclic) bond motifs is 1. The van der Waals surface area contributed by atoms with E-state index in [2.05, 4.69) is 15.2 Å². The van der Waals surface area contributed by atoms with E-state index in [4.69, 9.17) is 14.6 Å². The lowest BCUT2D eigenvalue weighted by Gasteiger charge is -2.14. The van der Waals surface area contributed by atoms with Gasteiger partial charge in [-0.05, 0) is 37.6 Å². The normalized spacial score (nSPS) is 11.7. The van der Waals surface area contributed by atoms with Gasteiger partial charge in [0.2, 0.25) is 5.54 Å². The molecule has 11 nitrogen and oxygen atoms in total. The number of imidazole rings is 1. The molecule has 0 radical (unpaired) electrons. The Hall–Kier alpha value is -4.63. The molecule has 0 bridgehead atoms. The number of halogens is 5. The summed E-state index contributed by atoms with van der Waals surface area (Å²) in [4.78, 5) is 25.6. The first-order valence-corrected chi connectivity index (χ1v) is 11.4. The number of aliphatic carboxylic acids is 1. The molecule has 0 spiro atoms. The summed E-state index contributed by atoms with van der Waals surface area (Å²) in [5.74, 6) is -3.78. The standard InChI is InChI=1S/C22H22F2N6O3.C2HF3O2/c1-13-8-19(33-11-15-16(23)6-5-7-17(15)24)21-26-14(2)20(28(21)10-13)18-9-25-29(27-18)12-22(3,4)30(31)32;3-2(4,5)1(6)7/h5-10H,11-12H2,1-4H3;(H,6,7). The zero-order valence-corrected chi connectivity index (χ0v) is 21.5. The van der Waals surface area contributed by atoms with E-state index < -0.39 is 29.3 Å². The number of alkyl halides is 3. The van der Waals surface area contributed by atoms with Crippen molar-refractivity contribution in [3.05, 3.63) is 75.2 Å². The molecule has 0 aliphatic rings. The van der Waals surface area contributed by atoms with Crippen molar-refractivity contribution in [2.24, 2.45) is 0 Å². The Labute approximate surface area is 223 Å². The molecule has 0 aliphatic carbocycles. The highest BCUT2D eigenvalue weighted by molar-refractivity contribution is 5.73. The number of aryl methyl sites for hydroxylation is 2. The number of pyridine rings is 1. The molecule has 214 valence electrons. The van der Waals surface area contributed by atoms with Crippen molar-refractivity contribution >= 4 is 11.6 Å². The highest BCUT2D eigenvalue weighted by Crippen LogP contribution is 2.30. The van der Waals surface area contributed by atoms with Crippen LogP contribution in [-0.4, -0.2) is 52.1 Å². The van der Waals surface area contributed by atoms with Crippen LogP contribution in [0.3, 0.4) is 0 Å². The van der Waals surface area contributed by atoms with Crippen molar-refractivity contribution in [2.45, 2.75) is 52.6 Å². The number of hydrogen-bond donors (Lipinski definition) is 1. The molecule has 1 N–H and O–H groups in total. The maximum absolute atomic E-state index is 14.0. The third-order valence-corrected chi connectivity index (χ3v) is 5.48. The van der Waals surface area contributed by atoms with Gasteiger partial charge in [0.1, 0.15) is 30.5 Å². The topological polar surface area (TPSA) is 138 Å². The molecule has 1 aromatic carbocycles. The molecule has 0 fully saturated rings. The van der Waals surface area contributed by atoms with E-state index in [9.17, 15) is 32.1 Å². The summed E-state index contributed by atoms with van der Waals surface area (Å²) in [6, 6.07) is 5.38. The molecule has 0 aliphatic heterocycles. The second kappa shape index (κ2) is 11.2. The summed E-state index contributed by atoms with van der Waals surface area (Å²) in [6.45, 7) is 6.34. The van der Waals surface area contributed by atoms with E-state index in [0.717, 1.165) is 5.56 Å². The van der Waals surface area contributed by atoms with Crippen LogP contribution >= 0.6 is 0 Å². The maximum atomic E-state index is 14.0. The van der Waals surface area contributed by atoms with Crippen LogP contribution in [0.2, 0.25) is 0 Å². The Morgan fingerprint density at radius 1 is 1.18 bits per heavy atom. The summed E-state index contributed by atoms with van der Waals surface area (Å²) >= 11 is 0. The number of ether oxygens (including phenoxy) is 1. The Morgan fingerprint density at radius 3 is 2.33 bits per heavy atom. The number of benzene rings is 1. The molecule has 0 atom stereocenters. The molecule has 0 amide bonds. The van der Waals surface area contributed by atoms with Gasteiger partial charge < -0.3 is 9.84 Å². The van der Waals surface area contributed by atoms with Gasteiger partial charge in [-0.15, -0.1) is 0 Å².